The van der Waals surface area contributed by atoms with Gasteiger partial charge in [0, 0.05) is 13.1 Å². The molecule has 1 fully saturated rings. The third kappa shape index (κ3) is 3.17. The summed E-state index contributed by atoms with van der Waals surface area (Å²) in [4.78, 5) is 0. The molecule has 1 saturated heterocycles. The maximum Gasteiger partial charge on any atom is 0.133 e. The fourth-order valence-electron chi connectivity index (χ4n) is 1.50. The number of ether oxygens (including phenoxy) is 2. The molecule has 0 amide bonds. The van der Waals surface area contributed by atoms with Crippen molar-refractivity contribution in [3.05, 3.63) is 28.5 Å². The van der Waals surface area contributed by atoms with E-state index in [1.54, 1.807) is 6.07 Å². The average Bonchev–Trinajstić information content (AvgIpc) is 2.29. The standard InChI is InChI=1S/C11H13BrFNO2/c12-10-5-8(13)1-2-11(10)16-7-9-6-14-3-4-15-9/h1-2,5,9,14H,3-4,6-7H2. The van der Waals surface area contributed by atoms with Crippen LogP contribution in [0.5, 0.6) is 5.75 Å². The summed E-state index contributed by atoms with van der Waals surface area (Å²) in [6.45, 7) is 2.85. The first-order valence-corrected chi connectivity index (χ1v) is 5.95. The molecule has 1 heterocycles. The van der Waals surface area contributed by atoms with Crippen molar-refractivity contribution in [3.8, 4) is 5.75 Å². The van der Waals surface area contributed by atoms with Gasteiger partial charge >= 0.3 is 0 Å². The van der Waals surface area contributed by atoms with Crippen molar-refractivity contribution in [1.29, 1.82) is 0 Å². The van der Waals surface area contributed by atoms with Crippen LogP contribution in [-0.4, -0.2) is 32.4 Å². The molecule has 1 atom stereocenters. The Balaban J connectivity index is 1.88. The lowest BCUT2D eigenvalue weighted by atomic mass is 10.3. The van der Waals surface area contributed by atoms with Gasteiger partial charge in [-0.3, -0.25) is 0 Å². The van der Waals surface area contributed by atoms with Crippen molar-refractivity contribution in [2.24, 2.45) is 0 Å². The highest BCUT2D eigenvalue weighted by Gasteiger charge is 2.14. The molecule has 5 heteroatoms. The van der Waals surface area contributed by atoms with Crippen molar-refractivity contribution in [3.63, 3.8) is 0 Å². The Bertz CT molecular complexity index is 356. The van der Waals surface area contributed by atoms with Crippen LogP contribution in [0.2, 0.25) is 0 Å². The number of halogens is 2. The molecular weight excluding hydrogens is 277 g/mol. The van der Waals surface area contributed by atoms with E-state index in [4.69, 9.17) is 9.47 Å². The lowest BCUT2D eigenvalue weighted by molar-refractivity contribution is 0.0000301. The zero-order chi connectivity index (χ0) is 11.4. The van der Waals surface area contributed by atoms with Gasteiger partial charge in [-0.15, -0.1) is 0 Å². The van der Waals surface area contributed by atoms with Crippen molar-refractivity contribution >= 4 is 15.9 Å². The molecule has 2 rings (SSSR count). The van der Waals surface area contributed by atoms with Crippen LogP contribution in [0, 0.1) is 5.82 Å². The highest BCUT2D eigenvalue weighted by atomic mass is 79.9. The van der Waals surface area contributed by atoms with Crippen LogP contribution in [0.1, 0.15) is 0 Å². The summed E-state index contributed by atoms with van der Waals surface area (Å²) >= 11 is 3.25. The molecule has 0 saturated carbocycles. The van der Waals surface area contributed by atoms with Gasteiger partial charge in [0.15, 0.2) is 0 Å². The van der Waals surface area contributed by atoms with Gasteiger partial charge in [0.2, 0.25) is 0 Å². The molecule has 0 bridgehead atoms. The molecule has 1 aromatic carbocycles. The van der Waals surface area contributed by atoms with E-state index in [1.165, 1.54) is 12.1 Å². The molecule has 1 N–H and O–H groups in total. The number of hydrogen-bond donors (Lipinski definition) is 1. The second-order valence-corrected chi connectivity index (χ2v) is 4.44. The minimum Gasteiger partial charge on any atom is -0.490 e. The summed E-state index contributed by atoms with van der Waals surface area (Å²) in [5.41, 5.74) is 0. The zero-order valence-corrected chi connectivity index (χ0v) is 10.3. The van der Waals surface area contributed by atoms with Crippen LogP contribution in [-0.2, 0) is 4.74 Å². The monoisotopic (exact) mass is 289 g/mol. The van der Waals surface area contributed by atoms with Gasteiger partial charge in [0.25, 0.3) is 0 Å². The van der Waals surface area contributed by atoms with Gasteiger partial charge in [0.05, 0.1) is 11.1 Å². The first-order valence-electron chi connectivity index (χ1n) is 5.16. The van der Waals surface area contributed by atoms with E-state index < -0.39 is 0 Å². The van der Waals surface area contributed by atoms with Crippen molar-refractivity contribution in [2.75, 3.05) is 26.3 Å². The van der Waals surface area contributed by atoms with Gasteiger partial charge in [-0.05, 0) is 34.1 Å². The Morgan fingerprint density at radius 1 is 1.56 bits per heavy atom. The molecule has 1 unspecified atom stereocenters. The van der Waals surface area contributed by atoms with Crippen LogP contribution in [0.3, 0.4) is 0 Å². The zero-order valence-electron chi connectivity index (χ0n) is 8.71. The van der Waals surface area contributed by atoms with Crippen LogP contribution < -0.4 is 10.1 Å². The molecule has 0 aromatic heterocycles. The van der Waals surface area contributed by atoms with Gasteiger partial charge in [-0.1, -0.05) is 0 Å². The van der Waals surface area contributed by atoms with Crippen molar-refractivity contribution in [1.82, 2.24) is 5.32 Å². The Kier molecular flexibility index (Phi) is 4.15. The largest absolute Gasteiger partial charge is 0.490 e. The summed E-state index contributed by atoms with van der Waals surface area (Å²) in [6, 6.07) is 4.37. The van der Waals surface area contributed by atoms with Crippen LogP contribution in [0.25, 0.3) is 0 Å². The summed E-state index contributed by atoms with van der Waals surface area (Å²) in [5, 5.41) is 3.22. The maximum atomic E-state index is 12.8. The van der Waals surface area contributed by atoms with E-state index in [0.29, 0.717) is 23.4 Å². The van der Waals surface area contributed by atoms with E-state index >= 15 is 0 Å². The van der Waals surface area contributed by atoms with Gasteiger partial charge in [-0.25, -0.2) is 4.39 Å². The van der Waals surface area contributed by atoms with Crippen LogP contribution in [0.4, 0.5) is 4.39 Å². The molecule has 1 aromatic rings. The summed E-state index contributed by atoms with van der Waals surface area (Å²) in [5.74, 6) is 0.352. The quantitative estimate of drug-likeness (QED) is 0.923. The highest BCUT2D eigenvalue weighted by Crippen LogP contribution is 2.25. The minimum atomic E-state index is -0.283. The number of benzene rings is 1. The highest BCUT2D eigenvalue weighted by molar-refractivity contribution is 9.10. The number of hydrogen-bond acceptors (Lipinski definition) is 3. The molecule has 3 nitrogen and oxygen atoms in total. The van der Waals surface area contributed by atoms with Gasteiger partial charge < -0.3 is 14.8 Å². The fourth-order valence-corrected chi connectivity index (χ4v) is 1.97. The third-order valence-electron chi connectivity index (χ3n) is 2.32. The molecule has 0 aliphatic carbocycles. The fraction of sp³-hybridized carbons (Fsp3) is 0.455. The van der Waals surface area contributed by atoms with Gasteiger partial charge in [-0.2, -0.15) is 0 Å². The molecule has 1 aliphatic heterocycles. The molecular formula is C11H13BrFNO2. The summed E-state index contributed by atoms with van der Waals surface area (Å²) in [7, 11) is 0. The number of nitrogens with one attached hydrogen (secondary N) is 1. The van der Waals surface area contributed by atoms with E-state index in [0.717, 1.165) is 13.1 Å². The predicted molar refractivity (Wildman–Crippen MR) is 62.2 cm³/mol. The van der Waals surface area contributed by atoms with Crippen molar-refractivity contribution < 1.29 is 13.9 Å². The Morgan fingerprint density at radius 2 is 2.44 bits per heavy atom. The molecule has 88 valence electrons. The Labute approximate surface area is 102 Å². The average molecular weight is 290 g/mol. The summed E-state index contributed by atoms with van der Waals surface area (Å²) < 4.78 is 24.5. The first kappa shape index (κ1) is 11.8. The van der Waals surface area contributed by atoms with Gasteiger partial charge in [0.1, 0.15) is 24.3 Å². The second kappa shape index (κ2) is 5.61. The van der Waals surface area contributed by atoms with E-state index in [9.17, 15) is 4.39 Å². The predicted octanol–water partition coefficient (Wildman–Crippen LogP) is 1.96. The normalized spacial score (nSPS) is 20.8. The van der Waals surface area contributed by atoms with E-state index in [-0.39, 0.29) is 11.9 Å². The lowest BCUT2D eigenvalue weighted by Gasteiger charge is -2.23. The van der Waals surface area contributed by atoms with Crippen molar-refractivity contribution in [2.45, 2.75) is 6.10 Å². The lowest BCUT2D eigenvalue weighted by Crippen LogP contribution is -2.41. The van der Waals surface area contributed by atoms with Crippen LogP contribution >= 0.6 is 15.9 Å². The third-order valence-corrected chi connectivity index (χ3v) is 2.94. The number of rotatable bonds is 3. The van der Waals surface area contributed by atoms with E-state index in [1.807, 2.05) is 0 Å². The number of morpholine rings is 1. The summed E-state index contributed by atoms with van der Waals surface area (Å²) in [6.07, 6.45) is 0.0608. The maximum absolute atomic E-state index is 12.8. The van der Waals surface area contributed by atoms with E-state index in [2.05, 4.69) is 21.2 Å². The topological polar surface area (TPSA) is 30.5 Å². The minimum absolute atomic E-state index is 0.0608. The molecule has 0 spiro atoms. The smallest absolute Gasteiger partial charge is 0.133 e. The Hall–Kier alpha value is -0.650. The molecule has 16 heavy (non-hydrogen) atoms. The Morgan fingerprint density at radius 3 is 3.12 bits per heavy atom. The van der Waals surface area contributed by atoms with Crippen LogP contribution in [0.15, 0.2) is 22.7 Å². The first-order chi connectivity index (χ1) is 7.75. The SMILES string of the molecule is Fc1ccc(OCC2CNCCO2)c(Br)c1. The molecule has 1 aliphatic rings. The second-order valence-electron chi connectivity index (χ2n) is 3.58. The molecule has 0 radical (unpaired) electrons.